The summed E-state index contributed by atoms with van der Waals surface area (Å²) >= 11 is 0. The number of hydrogen-bond donors (Lipinski definition) is 1. The van der Waals surface area contributed by atoms with Crippen molar-refractivity contribution >= 4 is 45.9 Å². The van der Waals surface area contributed by atoms with Gasteiger partial charge in [-0.15, -0.1) is 17.0 Å². The first-order valence-corrected chi connectivity index (χ1v) is 8.98. The van der Waals surface area contributed by atoms with E-state index in [2.05, 4.69) is 4.99 Å². The molecule has 1 atom stereocenters. The maximum absolute atomic E-state index is 13.2. The lowest BCUT2D eigenvalue weighted by atomic mass is 10.1. The van der Waals surface area contributed by atoms with Crippen LogP contribution in [0.2, 0.25) is 0 Å². The molecule has 0 aromatic heterocycles. The highest BCUT2D eigenvalue weighted by atomic mass is 79.9. The molecule has 0 saturated heterocycles. The third-order valence-corrected chi connectivity index (χ3v) is 4.55. The summed E-state index contributed by atoms with van der Waals surface area (Å²) in [5, 5.41) is 0. The van der Waals surface area contributed by atoms with Crippen LogP contribution in [-0.4, -0.2) is 36.3 Å². The van der Waals surface area contributed by atoms with Gasteiger partial charge in [0, 0.05) is 23.0 Å². The molecule has 148 valence electrons. The predicted molar refractivity (Wildman–Crippen MR) is 118 cm³/mol. The summed E-state index contributed by atoms with van der Waals surface area (Å²) in [5.74, 6) is -0.560. The van der Waals surface area contributed by atoms with Crippen molar-refractivity contribution in [2.45, 2.75) is 33.0 Å². The van der Waals surface area contributed by atoms with Crippen LogP contribution < -0.4 is 15.5 Å². The second-order valence-electron chi connectivity index (χ2n) is 6.79. The molecule has 28 heavy (non-hydrogen) atoms. The van der Waals surface area contributed by atoms with E-state index in [9.17, 15) is 9.59 Å². The Labute approximate surface area is 175 Å². The number of para-hydroxylation sites is 2. The third kappa shape index (κ3) is 4.31. The van der Waals surface area contributed by atoms with Gasteiger partial charge in [-0.05, 0) is 39.0 Å². The molecule has 0 spiro atoms. The van der Waals surface area contributed by atoms with Crippen LogP contribution in [0, 0.1) is 0 Å². The predicted octanol–water partition coefficient (Wildman–Crippen LogP) is 3.15. The van der Waals surface area contributed by atoms with Gasteiger partial charge in [-0.2, -0.15) is 0 Å². The number of halogens is 1. The maximum atomic E-state index is 13.2. The smallest absolute Gasteiger partial charge is 0.266 e. The zero-order chi connectivity index (χ0) is 19.6. The van der Waals surface area contributed by atoms with Gasteiger partial charge in [0.05, 0.1) is 5.69 Å². The fourth-order valence-electron chi connectivity index (χ4n) is 3.32. The highest BCUT2D eigenvalue weighted by Crippen LogP contribution is 2.26. The Hall–Kier alpha value is -2.51. The number of benzene rings is 2. The number of hydrogen-bond acceptors (Lipinski definition) is 4. The van der Waals surface area contributed by atoms with E-state index in [0.29, 0.717) is 11.4 Å². The quantitative estimate of drug-likeness (QED) is 0.786. The van der Waals surface area contributed by atoms with Crippen molar-refractivity contribution in [2.75, 3.05) is 16.3 Å². The largest absolute Gasteiger partial charge is 0.308 e. The van der Waals surface area contributed by atoms with Crippen molar-refractivity contribution in [2.24, 2.45) is 10.7 Å². The first-order valence-electron chi connectivity index (χ1n) is 8.98. The molecule has 7 heteroatoms. The normalized spacial score (nSPS) is 16.0. The lowest BCUT2D eigenvalue weighted by Crippen LogP contribution is -2.49. The topological polar surface area (TPSA) is 79.0 Å². The van der Waals surface area contributed by atoms with Gasteiger partial charge in [0.15, 0.2) is 6.17 Å². The van der Waals surface area contributed by atoms with Gasteiger partial charge in [-0.25, -0.2) is 0 Å². The monoisotopic (exact) mass is 444 g/mol. The molecule has 0 radical (unpaired) electrons. The number of nitrogens with zero attached hydrogens (tertiary/aromatic N) is 3. The number of nitrogens with two attached hydrogens (primary N) is 1. The van der Waals surface area contributed by atoms with Crippen LogP contribution in [0.4, 0.5) is 11.4 Å². The number of carbonyl (C=O) groups excluding carboxylic acids is 2. The van der Waals surface area contributed by atoms with E-state index < -0.39 is 6.17 Å². The standard InChI is InChI=1S/C21H24N4O2.BrH/c1-14(2)25(16-9-5-4-6-10-16)19(26)13-24-18-12-8-7-11-17(18)15(3)23-20(22)21(24)27;/h4-12,14,20H,13,22H2,1-3H3;1H. The number of aliphatic imine (C=N–C) groups is 1. The third-order valence-electron chi connectivity index (χ3n) is 4.55. The summed E-state index contributed by atoms with van der Waals surface area (Å²) in [5.41, 5.74) is 8.90. The van der Waals surface area contributed by atoms with E-state index in [1.165, 1.54) is 4.90 Å². The minimum absolute atomic E-state index is 0. The lowest BCUT2D eigenvalue weighted by molar-refractivity contribution is -0.123. The van der Waals surface area contributed by atoms with Gasteiger partial charge in [-0.3, -0.25) is 19.5 Å². The summed E-state index contributed by atoms with van der Waals surface area (Å²) in [6.07, 6.45) is -1.02. The van der Waals surface area contributed by atoms with Gasteiger partial charge < -0.3 is 10.6 Å². The van der Waals surface area contributed by atoms with Crippen molar-refractivity contribution in [3.63, 3.8) is 0 Å². The van der Waals surface area contributed by atoms with Crippen molar-refractivity contribution in [1.29, 1.82) is 0 Å². The SMILES string of the molecule is Br.CC1=NC(N)C(=O)N(CC(=O)N(c2ccccc2)C(C)C)c2ccccc21. The van der Waals surface area contributed by atoms with Crippen LogP contribution in [0.15, 0.2) is 59.6 Å². The molecule has 0 aliphatic carbocycles. The molecular formula is C21H25BrN4O2. The summed E-state index contributed by atoms with van der Waals surface area (Å²) in [4.78, 5) is 33.4. The van der Waals surface area contributed by atoms with E-state index in [1.54, 1.807) is 4.90 Å². The molecule has 0 saturated carbocycles. The summed E-state index contributed by atoms with van der Waals surface area (Å²) in [6.45, 7) is 5.62. The highest BCUT2D eigenvalue weighted by molar-refractivity contribution is 8.93. The molecule has 2 amide bonds. The number of fused-ring (bicyclic) bond motifs is 1. The lowest BCUT2D eigenvalue weighted by Gasteiger charge is -2.31. The average Bonchev–Trinajstić information content (AvgIpc) is 2.73. The first-order chi connectivity index (χ1) is 12.9. The van der Waals surface area contributed by atoms with E-state index in [4.69, 9.17) is 5.73 Å². The van der Waals surface area contributed by atoms with Crippen LogP contribution >= 0.6 is 17.0 Å². The van der Waals surface area contributed by atoms with Crippen molar-refractivity contribution in [3.05, 3.63) is 60.2 Å². The Bertz CT molecular complexity index is 883. The minimum Gasteiger partial charge on any atom is -0.308 e. The van der Waals surface area contributed by atoms with Crippen LogP contribution in [0.3, 0.4) is 0 Å². The fourth-order valence-corrected chi connectivity index (χ4v) is 3.32. The molecule has 0 fully saturated rings. The summed E-state index contributed by atoms with van der Waals surface area (Å²) in [7, 11) is 0. The van der Waals surface area contributed by atoms with Crippen molar-refractivity contribution in [1.82, 2.24) is 0 Å². The van der Waals surface area contributed by atoms with Crippen LogP contribution in [0.25, 0.3) is 0 Å². The van der Waals surface area contributed by atoms with Crippen molar-refractivity contribution < 1.29 is 9.59 Å². The Kier molecular flexibility index (Phi) is 7.10. The number of rotatable bonds is 4. The molecule has 1 aliphatic rings. The second-order valence-corrected chi connectivity index (χ2v) is 6.79. The van der Waals surface area contributed by atoms with Gasteiger partial charge in [-0.1, -0.05) is 36.4 Å². The van der Waals surface area contributed by atoms with Crippen LogP contribution in [-0.2, 0) is 9.59 Å². The minimum atomic E-state index is -1.02. The van der Waals surface area contributed by atoms with E-state index in [-0.39, 0.29) is 41.4 Å². The highest BCUT2D eigenvalue weighted by Gasteiger charge is 2.31. The van der Waals surface area contributed by atoms with Gasteiger partial charge >= 0.3 is 0 Å². The number of carbonyl (C=O) groups is 2. The molecule has 2 aromatic rings. The fraction of sp³-hybridized carbons (Fsp3) is 0.286. The molecule has 2 N–H and O–H groups in total. The summed E-state index contributed by atoms with van der Waals surface area (Å²) < 4.78 is 0. The van der Waals surface area contributed by atoms with Crippen molar-refractivity contribution in [3.8, 4) is 0 Å². The Balaban J connectivity index is 0.00000280. The van der Waals surface area contributed by atoms with E-state index >= 15 is 0 Å². The molecule has 0 bridgehead atoms. The van der Waals surface area contributed by atoms with E-state index in [0.717, 1.165) is 11.3 Å². The van der Waals surface area contributed by atoms with Gasteiger partial charge in [0.25, 0.3) is 5.91 Å². The molecule has 3 rings (SSSR count). The summed E-state index contributed by atoms with van der Waals surface area (Å²) in [6, 6.07) is 16.8. The molecule has 2 aromatic carbocycles. The van der Waals surface area contributed by atoms with Gasteiger partial charge in [0.1, 0.15) is 6.54 Å². The second kappa shape index (κ2) is 9.12. The van der Waals surface area contributed by atoms with Crippen LogP contribution in [0.5, 0.6) is 0 Å². The number of amides is 2. The Morgan fingerprint density at radius 2 is 1.75 bits per heavy atom. The molecule has 1 unspecified atom stereocenters. The van der Waals surface area contributed by atoms with Crippen LogP contribution in [0.1, 0.15) is 26.3 Å². The van der Waals surface area contributed by atoms with E-state index in [1.807, 2.05) is 75.4 Å². The Morgan fingerprint density at radius 1 is 1.14 bits per heavy atom. The molecule has 1 heterocycles. The average molecular weight is 445 g/mol. The van der Waals surface area contributed by atoms with Gasteiger partial charge in [0.2, 0.25) is 5.91 Å². The first kappa shape index (κ1) is 21.8. The number of anilines is 2. The zero-order valence-corrected chi connectivity index (χ0v) is 17.9. The molecule has 1 aliphatic heterocycles. The molecule has 6 nitrogen and oxygen atoms in total. The maximum Gasteiger partial charge on any atom is 0.266 e. The molecular weight excluding hydrogens is 420 g/mol. The number of benzodiazepines with no additional fused rings is 1. The Morgan fingerprint density at radius 3 is 2.39 bits per heavy atom. The zero-order valence-electron chi connectivity index (χ0n) is 16.2.